The average Bonchev–Trinajstić information content (AvgIpc) is 2.85. The first-order valence-electron chi connectivity index (χ1n) is 7.28. The zero-order chi connectivity index (χ0) is 16.0. The van der Waals surface area contributed by atoms with Gasteiger partial charge in [0.15, 0.2) is 0 Å². The summed E-state index contributed by atoms with van der Waals surface area (Å²) in [6, 6.07) is 3.13. The summed E-state index contributed by atoms with van der Waals surface area (Å²) in [5, 5.41) is 3.13. The zero-order valence-corrected chi connectivity index (χ0v) is 14.4. The summed E-state index contributed by atoms with van der Waals surface area (Å²) in [7, 11) is 0.270. The third kappa shape index (κ3) is 4.81. The first-order chi connectivity index (χ1) is 9.82. The molecule has 1 unspecified atom stereocenters. The zero-order valence-electron chi connectivity index (χ0n) is 13.6. The molecule has 0 saturated heterocycles. The van der Waals surface area contributed by atoms with Crippen molar-refractivity contribution >= 4 is 10.0 Å². The van der Waals surface area contributed by atoms with E-state index in [0.29, 0.717) is 25.4 Å². The molecule has 1 aromatic rings. The third-order valence-corrected chi connectivity index (χ3v) is 5.15. The van der Waals surface area contributed by atoms with Gasteiger partial charge < -0.3 is 14.6 Å². The Morgan fingerprint density at radius 3 is 2.48 bits per heavy atom. The van der Waals surface area contributed by atoms with Crippen molar-refractivity contribution in [3.8, 4) is 0 Å². The lowest BCUT2D eigenvalue weighted by Crippen LogP contribution is -2.43. The molecular weight excluding hydrogens is 290 g/mol. The van der Waals surface area contributed by atoms with Crippen LogP contribution in [0.25, 0.3) is 0 Å². The number of hydrogen-bond acceptors (Lipinski definition) is 5. The maximum atomic E-state index is 12.7. The standard InChI is InChI=1S/C14H27N3O3S/c1-6-15-10-13-8-9-14(20-13)21(18,19)17(7-2)12(3)11-16(4)5/h8-9,12,15H,6-7,10-11H2,1-5H3. The molecule has 1 aromatic heterocycles. The topological polar surface area (TPSA) is 65.8 Å². The highest BCUT2D eigenvalue weighted by Gasteiger charge is 2.30. The molecule has 7 heteroatoms. The van der Waals surface area contributed by atoms with E-state index in [1.807, 2.05) is 39.8 Å². The average molecular weight is 317 g/mol. The van der Waals surface area contributed by atoms with Crippen molar-refractivity contribution in [3.63, 3.8) is 0 Å². The van der Waals surface area contributed by atoms with E-state index < -0.39 is 10.0 Å². The number of rotatable bonds is 9. The monoisotopic (exact) mass is 317 g/mol. The Bertz CT molecular complexity index is 525. The molecule has 1 atom stereocenters. The van der Waals surface area contributed by atoms with Crippen molar-refractivity contribution < 1.29 is 12.8 Å². The number of furan rings is 1. The third-order valence-electron chi connectivity index (χ3n) is 3.18. The Morgan fingerprint density at radius 1 is 1.29 bits per heavy atom. The summed E-state index contributed by atoms with van der Waals surface area (Å²) in [5.41, 5.74) is 0. The van der Waals surface area contributed by atoms with Gasteiger partial charge in [-0.25, -0.2) is 8.42 Å². The maximum absolute atomic E-state index is 12.7. The Kier molecular flexibility index (Phi) is 6.86. The van der Waals surface area contributed by atoms with Crippen molar-refractivity contribution in [2.45, 2.75) is 38.5 Å². The summed E-state index contributed by atoms with van der Waals surface area (Å²) in [5.74, 6) is 0.631. The molecule has 122 valence electrons. The number of nitrogens with zero attached hydrogens (tertiary/aromatic N) is 2. The highest BCUT2D eigenvalue weighted by Crippen LogP contribution is 2.21. The molecule has 1 heterocycles. The molecule has 1 N–H and O–H groups in total. The van der Waals surface area contributed by atoms with Crippen LogP contribution in [-0.4, -0.2) is 57.4 Å². The Labute approximate surface area is 128 Å². The van der Waals surface area contributed by atoms with Gasteiger partial charge in [-0.1, -0.05) is 13.8 Å². The van der Waals surface area contributed by atoms with Crippen molar-refractivity contribution in [3.05, 3.63) is 17.9 Å². The molecular formula is C14H27N3O3S. The summed E-state index contributed by atoms with van der Waals surface area (Å²) in [6.07, 6.45) is 0. The van der Waals surface area contributed by atoms with E-state index in [1.54, 1.807) is 6.07 Å². The fourth-order valence-electron chi connectivity index (χ4n) is 2.29. The molecule has 6 nitrogen and oxygen atoms in total. The minimum atomic E-state index is -3.59. The molecule has 0 aliphatic rings. The first-order valence-corrected chi connectivity index (χ1v) is 8.72. The first kappa shape index (κ1) is 18.2. The molecule has 0 fully saturated rings. The van der Waals surface area contributed by atoms with Gasteiger partial charge in [0.2, 0.25) is 5.09 Å². The molecule has 0 radical (unpaired) electrons. The summed E-state index contributed by atoms with van der Waals surface area (Å²) in [6.45, 7) is 8.16. The van der Waals surface area contributed by atoms with Crippen LogP contribution >= 0.6 is 0 Å². The largest absolute Gasteiger partial charge is 0.447 e. The molecule has 0 aliphatic heterocycles. The van der Waals surface area contributed by atoms with Gasteiger partial charge in [0, 0.05) is 19.1 Å². The number of sulfonamides is 1. The van der Waals surface area contributed by atoms with Gasteiger partial charge in [-0.05, 0) is 39.7 Å². The van der Waals surface area contributed by atoms with Crippen molar-refractivity contribution in [1.82, 2.24) is 14.5 Å². The highest BCUT2D eigenvalue weighted by atomic mass is 32.2. The molecule has 21 heavy (non-hydrogen) atoms. The van der Waals surface area contributed by atoms with Crippen LogP contribution in [0.5, 0.6) is 0 Å². The normalized spacial score (nSPS) is 14.0. The van der Waals surface area contributed by atoms with Crippen molar-refractivity contribution in [2.75, 3.05) is 33.7 Å². The fraction of sp³-hybridized carbons (Fsp3) is 0.714. The minimum Gasteiger partial charge on any atom is -0.447 e. The summed E-state index contributed by atoms with van der Waals surface area (Å²) >= 11 is 0. The number of nitrogens with one attached hydrogen (secondary N) is 1. The van der Waals surface area contributed by atoms with Crippen LogP contribution in [0.1, 0.15) is 26.5 Å². The van der Waals surface area contributed by atoms with Gasteiger partial charge in [0.25, 0.3) is 10.0 Å². The van der Waals surface area contributed by atoms with Gasteiger partial charge >= 0.3 is 0 Å². The summed E-state index contributed by atoms with van der Waals surface area (Å²) < 4.78 is 32.3. The predicted molar refractivity (Wildman–Crippen MR) is 83.7 cm³/mol. The van der Waals surface area contributed by atoms with E-state index in [4.69, 9.17) is 4.42 Å². The van der Waals surface area contributed by atoms with E-state index >= 15 is 0 Å². The van der Waals surface area contributed by atoms with Gasteiger partial charge in [0.1, 0.15) is 5.76 Å². The van der Waals surface area contributed by atoms with Crippen LogP contribution in [0.2, 0.25) is 0 Å². The smallest absolute Gasteiger partial charge is 0.276 e. The van der Waals surface area contributed by atoms with E-state index in [-0.39, 0.29) is 11.1 Å². The van der Waals surface area contributed by atoms with Crippen molar-refractivity contribution in [1.29, 1.82) is 0 Å². The highest BCUT2D eigenvalue weighted by molar-refractivity contribution is 7.89. The minimum absolute atomic E-state index is 0.0165. The van der Waals surface area contributed by atoms with Gasteiger partial charge in [0.05, 0.1) is 6.54 Å². The van der Waals surface area contributed by atoms with Gasteiger partial charge in [-0.2, -0.15) is 4.31 Å². The second-order valence-electron chi connectivity index (χ2n) is 5.32. The molecule has 0 saturated carbocycles. The van der Waals surface area contributed by atoms with Gasteiger partial charge in [-0.3, -0.25) is 0 Å². The van der Waals surface area contributed by atoms with Crippen LogP contribution in [0.15, 0.2) is 21.6 Å². The van der Waals surface area contributed by atoms with Gasteiger partial charge in [-0.15, -0.1) is 0 Å². The predicted octanol–water partition coefficient (Wildman–Crippen LogP) is 1.35. The Balaban J connectivity index is 2.93. The second kappa shape index (κ2) is 7.93. The van der Waals surface area contributed by atoms with Crippen LogP contribution in [0.3, 0.4) is 0 Å². The van der Waals surface area contributed by atoms with Crippen molar-refractivity contribution in [2.24, 2.45) is 0 Å². The van der Waals surface area contributed by atoms with E-state index in [0.717, 1.165) is 6.54 Å². The molecule has 1 rings (SSSR count). The lowest BCUT2D eigenvalue weighted by Gasteiger charge is -2.28. The van der Waals surface area contributed by atoms with E-state index in [1.165, 1.54) is 10.4 Å². The molecule has 0 amide bonds. The van der Waals surface area contributed by atoms with Crippen LogP contribution in [0, 0.1) is 0 Å². The molecule has 0 aromatic carbocycles. The summed E-state index contributed by atoms with van der Waals surface area (Å²) in [4.78, 5) is 1.97. The Hall–Kier alpha value is -0.890. The van der Waals surface area contributed by atoms with E-state index in [2.05, 4.69) is 5.32 Å². The maximum Gasteiger partial charge on any atom is 0.276 e. The quantitative estimate of drug-likeness (QED) is 0.745. The van der Waals surface area contributed by atoms with E-state index in [9.17, 15) is 8.42 Å². The van der Waals surface area contributed by atoms with Crippen LogP contribution < -0.4 is 5.32 Å². The number of likely N-dealkylation sites (N-methyl/N-ethyl adjacent to an activating group) is 2. The second-order valence-corrected chi connectivity index (χ2v) is 7.14. The van der Waals surface area contributed by atoms with Crippen LogP contribution in [-0.2, 0) is 16.6 Å². The molecule has 0 bridgehead atoms. The Morgan fingerprint density at radius 2 is 1.95 bits per heavy atom. The molecule has 0 spiro atoms. The lowest BCUT2D eigenvalue weighted by molar-refractivity contribution is 0.265. The van der Waals surface area contributed by atoms with Crippen LogP contribution in [0.4, 0.5) is 0 Å². The SMILES string of the molecule is CCNCc1ccc(S(=O)(=O)N(CC)C(C)CN(C)C)o1. The molecule has 0 aliphatic carbocycles. The fourth-order valence-corrected chi connectivity index (χ4v) is 3.86. The lowest BCUT2D eigenvalue weighted by atomic mass is 10.3. The number of hydrogen-bond donors (Lipinski definition) is 1.